The molecule has 0 radical (unpaired) electrons. The largest absolute Gasteiger partial charge is 0.310 e. The fourth-order valence-electron chi connectivity index (χ4n) is 8.86. The molecule has 2 heterocycles. The summed E-state index contributed by atoms with van der Waals surface area (Å²) in [5.41, 5.74) is 6.96. The van der Waals surface area contributed by atoms with E-state index in [0.717, 1.165) is 22.7 Å². The Bertz CT molecular complexity index is 3290. The van der Waals surface area contributed by atoms with Crippen molar-refractivity contribution >= 4 is 129 Å². The monoisotopic (exact) mass is 774 g/mol. The molecule has 2 nitrogen and oxygen atoms in total. The summed E-state index contributed by atoms with van der Waals surface area (Å²) < 4.78 is 5.20. The van der Waals surface area contributed by atoms with Crippen LogP contribution in [0.1, 0.15) is 0 Å². The molecule has 0 bridgehead atoms. The van der Waals surface area contributed by atoms with Crippen LogP contribution in [-0.4, -0.2) is 0 Å². The molecule has 0 spiro atoms. The average Bonchev–Trinajstić information content (AvgIpc) is 3.82. The van der Waals surface area contributed by atoms with E-state index in [0.29, 0.717) is 0 Å². The number of hydrogen-bond acceptors (Lipinski definition) is 4. The van der Waals surface area contributed by atoms with E-state index in [1.807, 2.05) is 22.7 Å². The predicted molar refractivity (Wildman–Crippen MR) is 254 cm³/mol. The van der Waals surface area contributed by atoms with E-state index in [1.54, 1.807) is 0 Å². The molecular weight excluding hydrogens is 741 g/mol. The first-order chi connectivity index (χ1) is 28.7. The van der Waals surface area contributed by atoms with Crippen LogP contribution in [0.25, 0.3) is 72.7 Å². The Hall–Kier alpha value is -6.98. The Morgan fingerprint density at radius 2 is 0.638 bits per heavy atom. The van der Waals surface area contributed by atoms with Crippen molar-refractivity contribution in [3.63, 3.8) is 0 Å². The van der Waals surface area contributed by atoms with E-state index < -0.39 is 0 Å². The summed E-state index contributed by atoms with van der Waals surface area (Å²) in [5.74, 6) is 0. The van der Waals surface area contributed by atoms with Crippen LogP contribution < -0.4 is 9.80 Å². The highest BCUT2D eigenvalue weighted by Gasteiger charge is 2.19. The fraction of sp³-hybridized carbons (Fsp3) is 0. The normalized spacial score (nSPS) is 11.8. The standard InChI is InChI=1S/C54H34N2S2/c1-3-17-39(18-4-1)55(49-23-11-15-35-13-7-9-21-43(35)49)41-25-27-45-47-29-37-30-48-46-28-26-42(34-54(46)58-52(48)32-38(37)31-51(47)57-53(45)33-41)56(40-19-5-2-6-20-40)50-24-12-16-36-14-8-10-22-44(36)50/h1-34H. The van der Waals surface area contributed by atoms with Gasteiger partial charge in [-0.1, -0.05) is 121 Å². The van der Waals surface area contributed by atoms with Gasteiger partial charge in [0.2, 0.25) is 0 Å². The lowest BCUT2D eigenvalue weighted by molar-refractivity contribution is 1.30. The molecule has 0 fully saturated rings. The first-order valence-electron chi connectivity index (χ1n) is 19.7. The fourth-order valence-corrected chi connectivity index (χ4v) is 11.2. The van der Waals surface area contributed by atoms with Gasteiger partial charge in [-0.05, 0) is 106 Å². The predicted octanol–water partition coefficient (Wildman–Crippen LogP) is 16.8. The minimum Gasteiger partial charge on any atom is -0.310 e. The molecule has 58 heavy (non-hydrogen) atoms. The molecule has 0 saturated heterocycles. The van der Waals surface area contributed by atoms with Crippen LogP contribution >= 0.6 is 22.7 Å². The first kappa shape index (κ1) is 33.2. The molecule has 0 atom stereocenters. The van der Waals surface area contributed by atoms with Crippen LogP contribution in [0.15, 0.2) is 206 Å². The summed E-state index contributed by atoms with van der Waals surface area (Å²) in [6.07, 6.45) is 0. The lowest BCUT2D eigenvalue weighted by Gasteiger charge is -2.27. The summed E-state index contributed by atoms with van der Waals surface area (Å²) in [6.45, 7) is 0. The Balaban J connectivity index is 0.973. The second-order valence-electron chi connectivity index (χ2n) is 14.9. The van der Waals surface area contributed by atoms with Crippen LogP contribution in [0.2, 0.25) is 0 Å². The third-order valence-corrected chi connectivity index (χ3v) is 13.8. The molecule has 12 aromatic rings. The van der Waals surface area contributed by atoms with E-state index >= 15 is 0 Å². The van der Waals surface area contributed by atoms with Crippen LogP contribution in [0.3, 0.4) is 0 Å². The highest BCUT2D eigenvalue weighted by Crippen LogP contribution is 2.46. The van der Waals surface area contributed by atoms with Gasteiger partial charge in [-0.3, -0.25) is 0 Å². The zero-order valence-corrected chi connectivity index (χ0v) is 33.0. The van der Waals surface area contributed by atoms with E-state index in [4.69, 9.17) is 0 Å². The van der Waals surface area contributed by atoms with Gasteiger partial charge in [0.15, 0.2) is 0 Å². The minimum absolute atomic E-state index is 1.14. The van der Waals surface area contributed by atoms with Crippen molar-refractivity contribution < 1.29 is 0 Å². The number of fused-ring (bicyclic) bond motifs is 9. The van der Waals surface area contributed by atoms with Crippen molar-refractivity contribution in [1.29, 1.82) is 0 Å². The molecule has 0 amide bonds. The maximum atomic E-state index is 2.41. The average molecular weight is 775 g/mol. The SMILES string of the molecule is c1ccc(N(c2ccc3c(c2)sc2cc4cc5sc6cc(N(c7ccccc7)c7cccc8ccccc78)ccc6c5cc4cc23)c2cccc3ccccc23)cc1. The molecule has 4 heteroatoms. The van der Waals surface area contributed by atoms with E-state index in [2.05, 4.69) is 216 Å². The lowest BCUT2D eigenvalue weighted by atomic mass is 10.0. The maximum Gasteiger partial charge on any atom is 0.0540 e. The molecule has 12 rings (SSSR count). The maximum absolute atomic E-state index is 2.41. The summed E-state index contributed by atoms with van der Waals surface area (Å²) in [7, 11) is 0. The van der Waals surface area contributed by atoms with Gasteiger partial charge in [0, 0.05) is 73.9 Å². The van der Waals surface area contributed by atoms with Gasteiger partial charge in [0.1, 0.15) is 0 Å². The third kappa shape index (κ3) is 5.37. The van der Waals surface area contributed by atoms with E-state index in [9.17, 15) is 0 Å². The van der Waals surface area contributed by atoms with Crippen molar-refractivity contribution in [3.05, 3.63) is 206 Å². The molecule has 0 unspecified atom stereocenters. The zero-order valence-electron chi connectivity index (χ0n) is 31.3. The van der Waals surface area contributed by atoms with Gasteiger partial charge in [-0.15, -0.1) is 22.7 Å². The first-order valence-corrected chi connectivity index (χ1v) is 21.3. The second-order valence-corrected chi connectivity index (χ2v) is 17.1. The number of benzene rings is 10. The highest BCUT2D eigenvalue weighted by atomic mass is 32.1. The molecule has 0 saturated carbocycles. The van der Waals surface area contributed by atoms with Crippen LogP contribution in [-0.2, 0) is 0 Å². The minimum atomic E-state index is 1.14. The van der Waals surface area contributed by atoms with E-state index in [-0.39, 0.29) is 0 Å². The quantitative estimate of drug-likeness (QED) is 0.166. The second kappa shape index (κ2) is 13.3. The number of anilines is 6. The smallest absolute Gasteiger partial charge is 0.0540 e. The molecule has 2 aromatic heterocycles. The number of nitrogens with zero attached hydrogens (tertiary/aromatic N) is 2. The van der Waals surface area contributed by atoms with Gasteiger partial charge < -0.3 is 9.80 Å². The summed E-state index contributed by atoms with van der Waals surface area (Å²) in [5, 5.41) is 12.7. The Labute approximate surface area is 343 Å². The number of thiophene rings is 2. The summed E-state index contributed by atoms with van der Waals surface area (Å²) in [6, 6.07) is 75.6. The van der Waals surface area contributed by atoms with Crippen LogP contribution in [0.4, 0.5) is 34.1 Å². The van der Waals surface area contributed by atoms with Crippen molar-refractivity contribution in [2.75, 3.05) is 9.80 Å². The van der Waals surface area contributed by atoms with Gasteiger partial charge in [0.25, 0.3) is 0 Å². The number of hydrogen-bond donors (Lipinski definition) is 0. The lowest BCUT2D eigenvalue weighted by Crippen LogP contribution is -2.10. The summed E-state index contributed by atoms with van der Waals surface area (Å²) in [4.78, 5) is 4.79. The summed E-state index contributed by atoms with van der Waals surface area (Å²) >= 11 is 3.77. The molecule has 0 aliphatic rings. The molecule has 272 valence electrons. The third-order valence-electron chi connectivity index (χ3n) is 11.5. The van der Waals surface area contributed by atoms with Gasteiger partial charge in [0.05, 0.1) is 11.4 Å². The molecule has 0 aliphatic carbocycles. The molecule has 10 aromatic carbocycles. The zero-order chi connectivity index (χ0) is 38.2. The Morgan fingerprint density at radius 3 is 1.12 bits per heavy atom. The molecule has 0 N–H and O–H groups in total. The van der Waals surface area contributed by atoms with Crippen molar-refractivity contribution in [2.24, 2.45) is 0 Å². The van der Waals surface area contributed by atoms with E-state index in [1.165, 1.54) is 84.0 Å². The van der Waals surface area contributed by atoms with Crippen molar-refractivity contribution in [2.45, 2.75) is 0 Å². The van der Waals surface area contributed by atoms with Crippen molar-refractivity contribution in [1.82, 2.24) is 0 Å². The molecule has 0 aliphatic heterocycles. The highest BCUT2D eigenvalue weighted by molar-refractivity contribution is 7.26. The molecular formula is C54H34N2S2. The number of rotatable bonds is 6. The van der Waals surface area contributed by atoms with Gasteiger partial charge in [-0.2, -0.15) is 0 Å². The Kier molecular flexibility index (Phi) is 7.62. The number of para-hydroxylation sites is 2. The topological polar surface area (TPSA) is 6.48 Å². The Morgan fingerprint density at radius 1 is 0.241 bits per heavy atom. The van der Waals surface area contributed by atoms with Crippen LogP contribution in [0, 0.1) is 0 Å². The van der Waals surface area contributed by atoms with Gasteiger partial charge in [-0.25, -0.2) is 0 Å². The van der Waals surface area contributed by atoms with Crippen molar-refractivity contribution in [3.8, 4) is 0 Å². The van der Waals surface area contributed by atoms with Gasteiger partial charge >= 0.3 is 0 Å². The van der Waals surface area contributed by atoms with Crippen LogP contribution in [0.5, 0.6) is 0 Å².